The molecule has 2 atom stereocenters. The number of aliphatic imine (C=N–C) groups is 1. The van der Waals surface area contributed by atoms with Gasteiger partial charge in [-0.05, 0) is 43.5 Å². The molecular weight excluding hydrogens is 290 g/mol. The van der Waals surface area contributed by atoms with Crippen LogP contribution in [0.5, 0.6) is 5.75 Å². The number of fused-ring (bicyclic) bond motifs is 1. The number of benzene rings is 1. The van der Waals surface area contributed by atoms with E-state index in [1.807, 2.05) is 25.1 Å². The molecule has 1 aliphatic heterocycles. The van der Waals surface area contributed by atoms with Crippen molar-refractivity contribution in [3.05, 3.63) is 59.2 Å². The Hall–Kier alpha value is -1.74. The molecule has 0 saturated carbocycles. The van der Waals surface area contributed by atoms with Crippen molar-refractivity contribution < 1.29 is 5.11 Å². The van der Waals surface area contributed by atoms with Crippen LogP contribution in [0.4, 0.5) is 0 Å². The van der Waals surface area contributed by atoms with Crippen LogP contribution in [0.1, 0.15) is 37.5 Å². The van der Waals surface area contributed by atoms with Gasteiger partial charge in [0.25, 0.3) is 0 Å². The minimum absolute atomic E-state index is 0.0410. The van der Waals surface area contributed by atoms with E-state index in [0.717, 1.165) is 28.2 Å². The molecule has 1 aromatic carbocycles. The van der Waals surface area contributed by atoms with Gasteiger partial charge in [0.15, 0.2) is 0 Å². The minimum atomic E-state index is -0.0410. The molecule has 3 heteroatoms. The zero-order chi connectivity index (χ0) is 15.7. The molecule has 2 nitrogen and oxygen atoms in total. The third-order valence-corrected chi connectivity index (χ3v) is 5.54. The Morgan fingerprint density at radius 1 is 1.36 bits per heavy atom. The SMILES string of the molecule is C/C=C\c1cc(C2=NC3C=CC=CC3(C)S2)c(O)cc1CC. The number of thioether (sulfide) groups is 1. The molecule has 1 aliphatic carbocycles. The van der Waals surface area contributed by atoms with E-state index >= 15 is 0 Å². The van der Waals surface area contributed by atoms with Gasteiger partial charge in [0.05, 0.1) is 10.8 Å². The number of aryl methyl sites for hydroxylation is 1. The first-order valence-electron chi connectivity index (χ1n) is 7.69. The van der Waals surface area contributed by atoms with E-state index in [2.05, 4.69) is 44.2 Å². The second-order valence-electron chi connectivity index (χ2n) is 5.83. The predicted molar refractivity (Wildman–Crippen MR) is 96.8 cm³/mol. The van der Waals surface area contributed by atoms with Gasteiger partial charge in [-0.25, -0.2) is 0 Å². The molecule has 0 bridgehead atoms. The first-order chi connectivity index (χ1) is 10.6. The van der Waals surface area contributed by atoms with Crippen molar-refractivity contribution in [2.45, 2.75) is 38.0 Å². The van der Waals surface area contributed by atoms with Gasteiger partial charge in [-0.2, -0.15) is 0 Å². The second kappa shape index (κ2) is 5.81. The summed E-state index contributed by atoms with van der Waals surface area (Å²) in [5, 5.41) is 11.4. The highest BCUT2D eigenvalue weighted by Crippen LogP contribution is 2.44. The standard InChI is InChI=1S/C19H21NOS/c1-4-8-14-11-15(16(21)12-13(14)5-2)18-20-17-9-6-7-10-19(17,3)22-18/h4,6-12,17,21H,5H2,1-3H3/b8-4-. The fourth-order valence-electron chi connectivity index (χ4n) is 2.92. The number of hydrogen-bond donors (Lipinski definition) is 1. The maximum atomic E-state index is 10.4. The molecule has 0 radical (unpaired) electrons. The number of allylic oxidation sites excluding steroid dienone is 3. The van der Waals surface area contributed by atoms with Gasteiger partial charge in [0.2, 0.25) is 0 Å². The summed E-state index contributed by atoms with van der Waals surface area (Å²) in [6.07, 6.45) is 13.5. The third-order valence-electron chi connectivity index (χ3n) is 4.21. The van der Waals surface area contributed by atoms with Crippen LogP contribution in [0.3, 0.4) is 0 Å². The first-order valence-corrected chi connectivity index (χ1v) is 8.51. The fourth-order valence-corrected chi connectivity index (χ4v) is 4.17. The molecule has 2 unspecified atom stereocenters. The second-order valence-corrected chi connectivity index (χ2v) is 7.30. The minimum Gasteiger partial charge on any atom is -0.507 e. The molecule has 1 heterocycles. The Balaban J connectivity index is 2.04. The fraction of sp³-hybridized carbons (Fsp3) is 0.316. The highest BCUT2D eigenvalue weighted by atomic mass is 32.2. The van der Waals surface area contributed by atoms with Gasteiger partial charge in [0.1, 0.15) is 10.8 Å². The summed E-state index contributed by atoms with van der Waals surface area (Å²) in [4.78, 5) is 4.83. The van der Waals surface area contributed by atoms with Crippen LogP contribution in [0.15, 0.2) is 47.5 Å². The highest BCUT2D eigenvalue weighted by Gasteiger charge is 2.40. The van der Waals surface area contributed by atoms with Gasteiger partial charge in [-0.3, -0.25) is 4.99 Å². The Kier molecular flexibility index (Phi) is 4.00. The number of aromatic hydroxyl groups is 1. The van der Waals surface area contributed by atoms with Crippen LogP contribution >= 0.6 is 11.8 Å². The highest BCUT2D eigenvalue weighted by molar-refractivity contribution is 8.16. The van der Waals surface area contributed by atoms with E-state index in [1.165, 1.54) is 0 Å². The zero-order valence-electron chi connectivity index (χ0n) is 13.2. The van der Waals surface area contributed by atoms with Crippen molar-refractivity contribution in [2.75, 3.05) is 0 Å². The summed E-state index contributed by atoms with van der Waals surface area (Å²) in [5.41, 5.74) is 3.16. The van der Waals surface area contributed by atoms with Crippen LogP contribution in [0.25, 0.3) is 6.08 Å². The zero-order valence-corrected chi connectivity index (χ0v) is 14.0. The number of rotatable bonds is 3. The molecule has 22 heavy (non-hydrogen) atoms. The monoisotopic (exact) mass is 311 g/mol. The van der Waals surface area contributed by atoms with Crippen LogP contribution in [-0.4, -0.2) is 20.9 Å². The summed E-state index contributed by atoms with van der Waals surface area (Å²) < 4.78 is -0.0410. The van der Waals surface area contributed by atoms with E-state index in [9.17, 15) is 5.11 Å². The lowest BCUT2D eigenvalue weighted by Gasteiger charge is -2.25. The largest absolute Gasteiger partial charge is 0.507 e. The van der Waals surface area contributed by atoms with E-state index in [0.29, 0.717) is 5.75 Å². The van der Waals surface area contributed by atoms with Crippen LogP contribution < -0.4 is 0 Å². The molecule has 3 rings (SSSR count). The van der Waals surface area contributed by atoms with Gasteiger partial charge in [-0.15, -0.1) is 0 Å². The van der Waals surface area contributed by atoms with E-state index in [4.69, 9.17) is 4.99 Å². The quantitative estimate of drug-likeness (QED) is 0.875. The van der Waals surface area contributed by atoms with Gasteiger partial charge in [0, 0.05) is 5.56 Å². The lowest BCUT2D eigenvalue weighted by Crippen LogP contribution is -2.28. The summed E-state index contributed by atoms with van der Waals surface area (Å²) in [6.45, 7) is 6.32. The van der Waals surface area contributed by atoms with Crippen LogP contribution in [0, 0.1) is 0 Å². The molecule has 0 aromatic heterocycles. The molecule has 1 aromatic rings. The van der Waals surface area contributed by atoms with Crippen LogP contribution in [-0.2, 0) is 6.42 Å². The van der Waals surface area contributed by atoms with Crippen molar-refractivity contribution in [1.29, 1.82) is 0 Å². The van der Waals surface area contributed by atoms with Crippen molar-refractivity contribution in [3.8, 4) is 5.75 Å². The average Bonchev–Trinajstić information content (AvgIpc) is 2.85. The predicted octanol–water partition coefficient (Wildman–Crippen LogP) is 4.73. The van der Waals surface area contributed by atoms with Crippen LogP contribution in [0.2, 0.25) is 0 Å². The molecule has 0 saturated heterocycles. The van der Waals surface area contributed by atoms with E-state index in [-0.39, 0.29) is 10.8 Å². The number of phenolic OH excluding ortho intramolecular Hbond substituents is 1. The Morgan fingerprint density at radius 3 is 2.86 bits per heavy atom. The lowest BCUT2D eigenvalue weighted by atomic mass is 9.96. The van der Waals surface area contributed by atoms with Gasteiger partial charge < -0.3 is 5.11 Å². The van der Waals surface area contributed by atoms with Crippen molar-refractivity contribution in [2.24, 2.45) is 4.99 Å². The first kappa shape index (κ1) is 15.2. The van der Waals surface area contributed by atoms with Gasteiger partial charge >= 0.3 is 0 Å². The summed E-state index contributed by atoms with van der Waals surface area (Å²) in [6, 6.07) is 4.09. The normalized spacial score (nSPS) is 26.5. The third kappa shape index (κ3) is 2.54. The molecule has 1 N–H and O–H groups in total. The Morgan fingerprint density at radius 2 is 2.18 bits per heavy atom. The Bertz CT molecular complexity index is 714. The lowest BCUT2D eigenvalue weighted by molar-refractivity contribution is 0.473. The molecule has 0 spiro atoms. The molecule has 114 valence electrons. The number of hydrogen-bond acceptors (Lipinski definition) is 3. The average molecular weight is 311 g/mol. The summed E-state index contributed by atoms with van der Waals surface area (Å²) in [7, 11) is 0. The number of phenols is 1. The summed E-state index contributed by atoms with van der Waals surface area (Å²) in [5.74, 6) is 0.326. The smallest absolute Gasteiger partial charge is 0.125 e. The molecule has 0 amide bonds. The molecular formula is C19H21NOS. The van der Waals surface area contributed by atoms with Crippen molar-refractivity contribution in [1.82, 2.24) is 0 Å². The van der Waals surface area contributed by atoms with E-state index in [1.54, 1.807) is 11.8 Å². The van der Waals surface area contributed by atoms with Gasteiger partial charge in [-0.1, -0.05) is 55.1 Å². The van der Waals surface area contributed by atoms with Crippen molar-refractivity contribution >= 4 is 22.9 Å². The maximum Gasteiger partial charge on any atom is 0.125 e. The van der Waals surface area contributed by atoms with E-state index < -0.39 is 0 Å². The Labute approximate surface area is 136 Å². The summed E-state index contributed by atoms with van der Waals surface area (Å²) >= 11 is 1.73. The molecule has 2 aliphatic rings. The maximum absolute atomic E-state index is 10.4. The molecule has 0 fully saturated rings. The number of nitrogens with zero attached hydrogens (tertiary/aromatic N) is 1. The topological polar surface area (TPSA) is 32.6 Å². The van der Waals surface area contributed by atoms with Crippen molar-refractivity contribution in [3.63, 3.8) is 0 Å².